The van der Waals surface area contributed by atoms with Crippen LogP contribution in [0.4, 0.5) is 0 Å². The highest BCUT2D eigenvalue weighted by Gasteiger charge is 2.23. The van der Waals surface area contributed by atoms with Crippen LogP contribution in [0.15, 0.2) is 101 Å². The Morgan fingerprint density at radius 2 is 1.67 bits per heavy atom. The van der Waals surface area contributed by atoms with Crippen molar-refractivity contribution in [3.63, 3.8) is 0 Å². The minimum Gasteiger partial charge on any atom is -0.490 e. The van der Waals surface area contributed by atoms with E-state index in [4.69, 9.17) is 18.6 Å². The van der Waals surface area contributed by atoms with Gasteiger partial charge in [-0.05, 0) is 66.1 Å². The monoisotopic (exact) mass is 564 g/mol. The van der Waals surface area contributed by atoms with Gasteiger partial charge in [0.2, 0.25) is 0 Å². The van der Waals surface area contributed by atoms with Crippen molar-refractivity contribution in [2.24, 2.45) is 0 Å². The topological polar surface area (TPSA) is 111 Å². The fraction of sp³-hybridized carbons (Fsp3) is 0.206. The number of benzene rings is 3. The lowest BCUT2D eigenvalue weighted by Crippen LogP contribution is -2.23. The highest BCUT2D eigenvalue weighted by atomic mass is 16.6. The molecule has 4 rings (SSSR count). The number of hydrogen-bond donors (Lipinski definition) is 1. The number of furan rings is 1. The van der Waals surface area contributed by atoms with E-state index in [1.54, 1.807) is 37.3 Å². The van der Waals surface area contributed by atoms with Gasteiger partial charge in [0.25, 0.3) is 5.91 Å². The van der Waals surface area contributed by atoms with E-state index in [0.29, 0.717) is 29.4 Å². The lowest BCUT2D eigenvalue weighted by molar-refractivity contribution is -0.136. The van der Waals surface area contributed by atoms with E-state index in [1.807, 2.05) is 48.5 Å². The van der Waals surface area contributed by atoms with Crippen LogP contribution in [-0.4, -0.2) is 25.1 Å². The maximum absolute atomic E-state index is 12.6. The molecule has 0 fully saturated rings. The lowest BCUT2D eigenvalue weighted by Gasteiger charge is -2.26. The molecule has 1 aromatic heterocycles. The number of amides is 1. The molecular formula is C34H32N2O6. The van der Waals surface area contributed by atoms with Crippen molar-refractivity contribution in [2.45, 2.75) is 32.7 Å². The Labute approximate surface area is 245 Å². The molecule has 0 aliphatic carbocycles. The Morgan fingerprint density at radius 1 is 0.929 bits per heavy atom. The van der Waals surface area contributed by atoms with Gasteiger partial charge in [0.1, 0.15) is 23.2 Å². The Hall–Kier alpha value is -5.29. The SMILES string of the molecule is CCOc1cc(/C=C(\C#N)C(=O)NCc2ccco2)ccc1OC(=O)COc1ccc(C(C)(C)c2ccccc2)cc1. The zero-order valence-electron chi connectivity index (χ0n) is 23.8. The molecule has 1 amide bonds. The van der Waals surface area contributed by atoms with Crippen molar-refractivity contribution in [1.82, 2.24) is 5.32 Å². The maximum Gasteiger partial charge on any atom is 0.349 e. The molecular weight excluding hydrogens is 532 g/mol. The van der Waals surface area contributed by atoms with Crippen LogP contribution in [0.5, 0.6) is 17.2 Å². The molecule has 8 nitrogen and oxygen atoms in total. The van der Waals surface area contributed by atoms with Gasteiger partial charge in [0, 0.05) is 5.41 Å². The highest BCUT2D eigenvalue weighted by Crippen LogP contribution is 2.32. The number of nitrogens with one attached hydrogen (secondary N) is 1. The molecule has 0 aliphatic heterocycles. The average Bonchev–Trinajstić information content (AvgIpc) is 3.53. The first-order valence-electron chi connectivity index (χ1n) is 13.5. The van der Waals surface area contributed by atoms with E-state index >= 15 is 0 Å². The third-order valence-corrected chi connectivity index (χ3v) is 6.60. The van der Waals surface area contributed by atoms with Crippen LogP contribution < -0.4 is 19.5 Å². The molecule has 0 bridgehead atoms. The average molecular weight is 565 g/mol. The quantitative estimate of drug-likeness (QED) is 0.0942. The van der Waals surface area contributed by atoms with E-state index in [9.17, 15) is 14.9 Å². The van der Waals surface area contributed by atoms with Gasteiger partial charge in [0.15, 0.2) is 18.1 Å². The van der Waals surface area contributed by atoms with Crippen LogP contribution in [0.2, 0.25) is 0 Å². The number of rotatable bonds is 12. The van der Waals surface area contributed by atoms with Gasteiger partial charge in [-0.15, -0.1) is 0 Å². The largest absolute Gasteiger partial charge is 0.490 e. The summed E-state index contributed by atoms with van der Waals surface area (Å²) in [6.45, 7) is 6.28. The first-order valence-corrected chi connectivity index (χ1v) is 13.5. The second kappa shape index (κ2) is 13.9. The molecule has 3 aromatic carbocycles. The third kappa shape index (κ3) is 7.67. The molecule has 1 heterocycles. The number of nitriles is 1. The molecule has 0 atom stereocenters. The minimum absolute atomic E-state index is 0.0969. The van der Waals surface area contributed by atoms with E-state index in [1.165, 1.54) is 17.9 Å². The first-order chi connectivity index (χ1) is 20.3. The minimum atomic E-state index is -0.608. The van der Waals surface area contributed by atoms with Crippen molar-refractivity contribution < 1.29 is 28.2 Å². The summed E-state index contributed by atoms with van der Waals surface area (Å²) in [6, 6.07) is 28.0. The van der Waals surface area contributed by atoms with E-state index in [-0.39, 0.29) is 29.9 Å². The summed E-state index contributed by atoms with van der Waals surface area (Å²) >= 11 is 0. The van der Waals surface area contributed by atoms with Gasteiger partial charge in [0.05, 0.1) is 19.4 Å². The number of hydrogen-bond acceptors (Lipinski definition) is 7. The Morgan fingerprint density at radius 3 is 2.33 bits per heavy atom. The number of ether oxygens (including phenoxy) is 3. The summed E-state index contributed by atoms with van der Waals surface area (Å²) in [7, 11) is 0. The van der Waals surface area contributed by atoms with E-state index in [0.717, 1.165) is 5.56 Å². The van der Waals surface area contributed by atoms with Crippen LogP contribution in [0.3, 0.4) is 0 Å². The fourth-order valence-corrected chi connectivity index (χ4v) is 4.24. The van der Waals surface area contributed by atoms with Gasteiger partial charge >= 0.3 is 5.97 Å². The van der Waals surface area contributed by atoms with Gasteiger partial charge in [-0.2, -0.15) is 5.26 Å². The molecule has 0 aliphatic rings. The molecule has 4 aromatic rings. The van der Waals surface area contributed by atoms with Crippen molar-refractivity contribution in [3.05, 3.63) is 119 Å². The molecule has 8 heteroatoms. The number of carbonyl (C=O) groups is 2. The molecule has 1 N–H and O–H groups in total. The summed E-state index contributed by atoms with van der Waals surface area (Å²) in [5, 5.41) is 12.1. The summed E-state index contributed by atoms with van der Waals surface area (Å²) < 4.78 is 22.0. The van der Waals surface area contributed by atoms with Crippen molar-refractivity contribution >= 4 is 18.0 Å². The van der Waals surface area contributed by atoms with Crippen LogP contribution in [0.25, 0.3) is 6.08 Å². The molecule has 0 saturated heterocycles. The first kappa shape index (κ1) is 29.7. The van der Waals surface area contributed by atoms with Gasteiger partial charge in [-0.1, -0.05) is 62.4 Å². The molecule has 0 spiro atoms. The smallest absolute Gasteiger partial charge is 0.349 e. The normalized spacial score (nSPS) is 11.3. The Kier molecular flexibility index (Phi) is 9.80. The van der Waals surface area contributed by atoms with Crippen LogP contribution in [0, 0.1) is 11.3 Å². The van der Waals surface area contributed by atoms with Crippen LogP contribution >= 0.6 is 0 Å². The summed E-state index contributed by atoms with van der Waals surface area (Å²) in [6.07, 6.45) is 2.93. The lowest BCUT2D eigenvalue weighted by atomic mass is 9.78. The van der Waals surface area contributed by atoms with Crippen LogP contribution in [0.1, 0.15) is 43.2 Å². The number of carbonyl (C=O) groups excluding carboxylic acids is 2. The van der Waals surface area contributed by atoms with Gasteiger partial charge in [-0.3, -0.25) is 4.79 Å². The molecule has 0 saturated carbocycles. The van der Waals surface area contributed by atoms with Crippen molar-refractivity contribution in [3.8, 4) is 23.3 Å². The third-order valence-electron chi connectivity index (χ3n) is 6.60. The van der Waals surface area contributed by atoms with Gasteiger partial charge < -0.3 is 23.9 Å². The zero-order valence-corrected chi connectivity index (χ0v) is 23.8. The second-order valence-electron chi connectivity index (χ2n) is 9.85. The summed E-state index contributed by atoms with van der Waals surface area (Å²) in [5.74, 6) is 0.445. The number of esters is 1. The van der Waals surface area contributed by atoms with Crippen molar-refractivity contribution in [2.75, 3.05) is 13.2 Å². The Bertz CT molecular complexity index is 1570. The predicted molar refractivity (Wildman–Crippen MR) is 158 cm³/mol. The fourth-order valence-electron chi connectivity index (χ4n) is 4.24. The predicted octanol–water partition coefficient (Wildman–Crippen LogP) is 6.21. The van der Waals surface area contributed by atoms with Gasteiger partial charge in [-0.25, -0.2) is 4.79 Å². The summed E-state index contributed by atoms with van der Waals surface area (Å²) in [5.41, 5.74) is 2.56. The maximum atomic E-state index is 12.6. The van der Waals surface area contributed by atoms with E-state index < -0.39 is 11.9 Å². The second-order valence-corrected chi connectivity index (χ2v) is 9.85. The van der Waals surface area contributed by atoms with E-state index in [2.05, 4.69) is 31.3 Å². The summed E-state index contributed by atoms with van der Waals surface area (Å²) in [4.78, 5) is 25.1. The van der Waals surface area contributed by atoms with Crippen molar-refractivity contribution in [1.29, 1.82) is 5.26 Å². The molecule has 0 unspecified atom stereocenters. The highest BCUT2D eigenvalue weighted by molar-refractivity contribution is 6.01. The van der Waals surface area contributed by atoms with Crippen LogP contribution in [-0.2, 0) is 21.5 Å². The number of nitrogens with zero attached hydrogens (tertiary/aromatic N) is 1. The molecule has 42 heavy (non-hydrogen) atoms. The molecule has 214 valence electrons. The standard InChI is InChI=1S/C34H32N2O6/c1-4-39-31-20-24(19-25(21-35)33(38)36-22-29-11-8-18-40-29)12-17-30(31)42-32(37)23-41-28-15-13-27(14-16-28)34(2,3)26-9-6-5-7-10-26/h5-20H,4,22-23H2,1-3H3,(H,36,38)/b25-19+. The Balaban J connectivity index is 1.37. The zero-order chi connectivity index (χ0) is 30.0. The molecule has 0 radical (unpaired) electrons.